The van der Waals surface area contributed by atoms with Crippen LogP contribution in [0.1, 0.15) is 52.4 Å². The number of piperidine rings is 1. The molecule has 0 radical (unpaired) electrons. The van der Waals surface area contributed by atoms with E-state index < -0.39 is 12.0 Å². The van der Waals surface area contributed by atoms with Crippen molar-refractivity contribution in [3.8, 4) is 0 Å². The first-order chi connectivity index (χ1) is 8.91. The predicted octanol–water partition coefficient (Wildman–Crippen LogP) is 1.61. The maximum atomic E-state index is 12.3. The van der Waals surface area contributed by atoms with Crippen molar-refractivity contribution in [3.63, 3.8) is 0 Å². The zero-order chi connectivity index (χ0) is 14.4. The standard InChI is InChI=1S/C14H26N2O3/c1-10(2)9-12(15)14(19)16-8-4-3-5-11(16)6-7-13(17)18/h10-12H,3-9,15H2,1-2H3,(H,17,18)/t11?,12-/m1/s1. The molecule has 0 spiro atoms. The smallest absolute Gasteiger partial charge is 0.303 e. The number of carboxylic acids is 1. The number of nitrogens with zero attached hydrogens (tertiary/aromatic N) is 1. The summed E-state index contributed by atoms with van der Waals surface area (Å²) in [5, 5.41) is 8.77. The van der Waals surface area contributed by atoms with E-state index in [9.17, 15) is 9.59 Å². The number of amides is 1. The minimum absolute atomic E-state index is 0.0104. The molecule has 110 valence electrons. The fourth-order valence-electron chi connectivity index (χ4n) is 2.70. The summed E-state index contributed by atoms with van der Waals surface area (Å²) in [4.78, 5) is 24.8. The lowest BCUT2D eigenvalue weighted by atomic mass is 9.95. The molecule has 1 fully saturated rings. The van der Waals surface area contributed by atoms with Gasteiger partial charge in [-0.15, -0.1) is 0 Å². The molecule has 1 aliphatic heterocycles. The molecule has 1 saturated heterocycles. The van der Waals surface area contributed by atoms with Gasteiger partial charge in [-0.05, 0) is 38.0 Å². The van der Waals surface area contributed by atoms with Crippen LogP contribution in [0.3, 0.4) is 0 Å². The van der Waals surface area contributed by atoms with Crippen LogP contribution < -0.4 is 5.73 Å². The van der Waals surface area contributed by atoms with Crippen molar-refractivity contribution in [2.45, 2.75) is 64.5 Å². The SMILES string of the molecule is CC(C)C[C@@H](N)C(=O)N1CCCCC1CCC(=O)O. The third kappa shape index (κ3) is 5.19. The number of rotatable bonds is 6. The van der Waals surface area contributed by atoms with E-state index in [0.29, 0.717) is 18.8 Å². The summed E-state index contributed by atoms with van der Waals surface area (Å²) in [5.74, 6) is -0.422. The second-order valence-corrected chi connectivity index (χ2v) is 5.85. The van der Waals surface area contributed by atoms with Crippen LogP contribution in [0.5, 0.6) is 0 Å². The van der Waals surface area contributed by atoms with Crippen LogP contribution in [-0.4, -0.2) is 40.5 Å². The maximum Gasteiger partial charge on any atom is 0.303 e. The Morgan fingerprint density at radius 1 is 1.37 bits per heavy atom. The van der Waals surface area contributed by atoms with Gasteiger partial charge in [0.05, 0.1) is 6.04 Å². The normalized spacial score (nSPS) is 21.5. The van der Waals surface area contributed by atoms with Gasteiger partial charge in [0.25, 0.3) is 0 Å². The number of carbonyl (C=O) groups is 2. The van der Waals surface area contributed by atoms with Crippen LogP contribution in [0.25, 0.3) is 0 Å². The number of hydrogen-bond donors (Lipinski definition) is 2. The zero-order valence-corrected chi connectivity index (χ0v) is 12.0. The lowest BCUT2D eigenvalue weighted by Crippen LogP contribution is -2.51. The molecule has 1 rings (SSSR count). The molecule has 0 aromatic carbocycles. The van der Waals surface area contributed by atoms with E-state index in [2.05, 4.69) is 0 Å². The number of likely N-dealkylation sites (tertiary alicyclic amines) is 1. The quantitative estimate of drug-likeness (QED) is 0.768. The van der Waals surface area contributed by atoms with Gasteiger partial charge >= 0.3 is 5.97 Å². The lowest BCUT2D eigenvalue weighted by molar-refractivity contribution is -0.140. The third-order valence-electron chi connectivity index (χ3n) is 3.64. The van der Waals surface area contributed by atoms with Crippen LogP contribution in [0, 0.1) is 5.92 Å². The highest BCUT2D eigenvalue weighted by molar-refractivity contribution is 5.82. The summed E-state index contributed by atoms with van der Waals surface area (Å²) in [6.45, 7) is 4.81. The summed E-state index contributed by atoms with van der Waals surface area (Å²) >= 11 is 0. The lowest BCUT2D eigenvalue weighted by Gasteiger charge is -2.37. The van der Waals surface area contributed by atoms with E-state index in [1.807, 2.05) is 18.7 Å². The molecule has 1 unspecified atom stereocenters. The van der Waals surface area contributed by atoms with Crippen molar-refractivity contribution in [2.75, 3.05) is 6.54 Å². The van der Waals surface area contributed by atoms with E-state index in [0.717, 1.165) is 25.8 Å². The Morgan fingerprint density at radius 2 is 2.05 bits per heavy atom. The van der Waals surface area contributed by atoms with Crippen LogP contribution in [0.4, 0.5) is 0 Å². The van der Waals surface area contributed by atoms with Crippen molar-refractivity contribution in [3.05, 3.63) is 0 Å². The Kier molecular flexibility index (Phi) is 6.28. The van der Waals surface area contributed by atoms with Crippen LogP contribution >= 0.6 is 0 Å². The first-order valence-electron chi connectivity index (χ1n) is 7.19. The van der Waals surface area contributed by atoms with Gasteiger partial charge in [0.15, 0.2) is 0 Å². The number of hydrogen-bond acceptors (Lipinski definition) is 3. The summed E-state index contributed by atoms with van der Waals surface area (Å²) in [6.07, 6.45) is 4.29. The molecule has 1 aliphatic rings. The molecule has 3 N–H and O–H groups in total. The molecule has 0 saturated carbocycles. The molecular formula is C14H26N2O3. The molecule has 0 aromatic rings. The van der Waals surface area contributed by atoms with Gasteiger partial charge in [0.2, 0.25) is 5.91 Å². The highest BCUT2D eigenvalue weighted by Crippen LogP contribution is 2.22. The van der Waals surface area contributed by atoms with E-state index >= 15 is 0 Å². The molecule has 1 heterocycles. The van der Waals surface area contributed by atoms with E-state index in [1.54, 1.807) is 0 Å². The monoisotopic (exact) mass is 270 g/mol. The molecular weight excluding hydrogens is 244 g/mol. The summed E-state index contributed by atoms with van der Waals surface area (Å²) < 4.78 is 0. The van der Waals surface area contributed by atoms with Crippen molar-refractivity contribution in [1.82, 2.24) is 4.90 Å². The minimum Gasteiger partial charge on any atom is -0.481 e. The van der Waals surface area contributed by atoms with E-state index in [1.165, 1.54) is 0 Å². The van der Waals surface area contributed by atoms with Gasteiger partial charge in [0.1, 0.15) is 0 Å². The summed E-state index contributed by atoms with van der Waals surface area (Å²) in [6, 6.07) is -0.402. The van der Waals surface area contributed by atoms with Crippen molar-refractivity contribution in [1.29, 1.82) is 0 Å². The fraction of sp³-hybridized carbons (Fsp3) is 0.857. The molecule has 1 amide bonds. The Morgan fingerprint density at radius 3 is 2.63 bits per heavy atom. The van der Waals surface area contributed by atoms with E-state index in [-0.39, 0.29) is 18.4 Å². The molecule has 5 nitrogen and oxygen atoms in total. The number of nitrogens with two attached hydrogens (primary N) is 1. The third-order valence-corrected chi connectivity index (χ3v) is 3.64. The highest BCUT2D eigenvalue weighted by atomic mass is 16.4. The van der Waals surface area contributed by atoms with Crippen LogP contribution in [0.2, 0.25) is 0 Å². The van der Waals surface area contributed by atoms with Gasteiger partial charge in [-0.25, -0.2) is 0 Å². The molecule has 5 heteroatoms. The average molecular weight is 270 g/mol. The molecule has 19 heavy (non-hydrogen) atoms. The van der Waals surface area contributed by atoms with Gasteiger partial charge in [-0.3, -0.25) is 9.59 Å². The Labute approximate surface area is 115 Å². The maximum absolute atomic E-state index is 12.3. The summed E-state index contributed by atoms with van der Waals surface area (Å²) in [7, 11) is 0. The van der Waals surface area contributed by atoms with Gasteiger partial charge in [-0.2, -0.15) is 0 Å². The number of aliphatic carboxylic acids is 1. The van der Waals surface area contributed by atoms with Crippen LogP contribution in [-0.2, 0) is 9.59 Å². The Hall–Kier alpha value is -1.10. The van der Waals surface area contributed by atoms with Crippen LogP contribution in [0.15, 0.2) is 0 Å². The zero-order valence-electron chi connectivity index (χ0n) is 12.0. The molecule has 2 atom stereocenters. The van der Waals surface area contributed by atoms with Crippen molar-refractivity contribution in [2.24, 2.45) is 11.7 Å². The molecule has 0 aliphatic carbocycles. The topological polar surface area (TPSA) is 83.6 Å². The first kappa shape index (κ1) is 16.0. The van der Waals surface area contributed by atoms with Crippen molar-refractivity contribution < 1.29 is 14.7 Å². The largest absolute Gasteiger partial charge is 0.481 e. The minimum atomic E-state index is -0.801. The highest BCUT2D eigenvalue weighted by Gasteiger charge is 2.30. The molecule has 0 bridgehead atoms. The fourth-order valence-corrected chi connectivity index (χ4v) is 2.70. The second kappa shape index (κ2) is 7.48. The Balaban J connectivity index is 2.59. The van der Waals surface area contributed by atoms with Gasteiger partial charge < -0.3 is 15.7 Å². The van der Waals surface area contributed by atoms with Gasteiger partial charge in [0, 0.05) is 19.0 Å². The van der Waals surface area contributed by atoms with Gasteiger partial charge in [-0.1, -0.05) is 13.8 Å². The second-order valence-electron chi connectivity index (χ2n) is 5.85. The molecule has 0 aromatic heterocycles. The van der Waals surface area contributed by atoms with E-state index in [4.69, 9.17) is 10.8 Å². The summed E-state index contributed by atoms with van der Waals surface area (Å²) in [5.41, 5.74) is 5.96. The number of carboxylic acid groups (broad SMARTS) is 1. The average Bonchev–Trinajstić information content (AvgIpc) is 2.35. The Bertz CT molecular complexity index is 318. The first-order valence-corrected chi connectivity index (χ1v) is 7.19. The number of carbonyl (C=O) groups excluding carboxylic acids is 1. The van der Waals surface area contributed by atoms with Crippen molar-refractivity contribution >= 4 is 11.9 Å². The predicted molar refractivity (Wildman–Crippen MR) is 73.7 cm³/mol.